The monoisotopic (exact) mass is 265 g/mol. The molecule has 1 aromatic carbocycles. The van der Waals surface area contributed by atoms with Crippen LogP contribution in [0.2, 0.25) is 0 Å². The number of nitriles is 1. The lowest BCUT2D eigenvalue weighted by atomic mass is 10.2. The number of aromatic nitrogens is 2. The molecule has 0 saturated carbocycles. The predicted molar refractivity (Wildman–Crippen MR) is 64.6 cm³/mol. The Labute approximate surface area is 107 Å². The molecule has 0 aliphatic heterocycles. The zero-order valence-corrected chi connectivity index (χ0v) is 10.2. The Morgan fingerprint density at radius 1 is 1.29 bits per heavy atom. The molecule has 2 aromatic rings. The molecule has 0 bridgehead atoms. The lowest BCUT2D eigenvalue weighted by molar-refractivity contribution is 0.202. The van der Waals surface area contributed by atoms with E-state index in [4.69, 9.17) is 39.3 Å². The van der Waals surface area contributed by atoms with E-state index in [-0.39, 0.29) is 16.3 Å². The van der Waals surface area contributed by atoms with Crippen molar-refractivity contribution in [3.8, 4) is 11.8 Å². The normalized spacial score (nSPS) is 10.1. The van der Waals surface area contributed by atoms with Crippen LogP contribution in [-0.4, -0.2) is 14.4 Å². The van der Waals surface area contributed by atoms with E-state index in [1.807, 2.05) is 6.07 Å². The average Bonchev–Trinajstić information content (AvgIpc) is 2.64. The van der Waals surface area contributed by atoms with Gasteiger partial charge in [0.25, 0.3) is 4.84 Å². The highest BCUT2D eigenvalue weighted by atomic mass is 32.1. The molecule has 2 rings (SSSR count). The largest absolute Gasteiger partial charge is 0.376 e. The van der Waals surface area contributed by atoms with Crippen LogP contribution in [0.1, 0.15) is 5.56 Å². The molecule has 0 spiro atoms. The molecule has 0 atom stereocenters. The molecule has 0 unspecified atom stereocenters. The van der Waals surface area contributed by atoms with Crippen LogP contribution in [0.5, 0.6) is 0 Å². The van der Waals surface area contributed by atoms with E-state index >= 15 is 0 Å². The summed E-state index contributed by atoms with van der Waals surface area (Å²) in [6.07, 6.45) is 0. The number of benzene rings is 1. The van der Waals surface area contributed by atoms with E-state index < -0.39 is 0 Å². The Kier molecular flexibility index (Phi) is 3.19. The Morgan fingerprint density at radius 2 is 1.94 bits per heavy atom. The standard InChI is InChI=1S/C10H7N3O2S2/c11-5-7-1-3-8(4-2-7)13-9(16)12(6-14)10(17)15-13/h1-4,14H,6H2. The third-order valence-electron chi connectivity index (χ3n) is 2.17. The van der Waals surface area contributed by atoms with Gasteiger partial charge >= 0.3 is 0 Å². The molecule has 0 aliphatic carbocycles. The quantitative estimate of drug-likeness (QED) is 0.843. The highest BCUT2D eigenvalue weighted by Crippen LogP contribution is 2.12. The summed E-state index contributed by atoms with van der Waals surface area (Å²) in [5.41, 5.74) is 1.19. The fraction of sp³-hybridized carbons (Fsp3) is 0.100. The van der Waals surface area contributed by atoms with Crippen molar-refractivity contribution in [1.29, 1.82) is 5.26 Å². The Balaban J connectivity index is 2.58. The average molecular weight is 265 g/mol. The van der Waals surface area contributed by atoms with Gasteiger partial charge in [-0.2, -0.15) is 5.26 Å². The summed E-state index contributed by atoms with van der Waals surface area (Å²) in [6, 6.07) is 8.68. The van der Waals surface area contributed by atoms with Gasteiger partial charge in [0, 0.05) is 0 Å². The maximum atomic E-state index is 9.05. The molecule has 0 radical (unpaired) electrons. The van der Waals surface area contributed by atoms with Crippen LogP contribution >= 0.6 is 24.4 Å². The molecule has 86 valence electrons. The Hall–Kier alpha value is -1.75. The first-order valence-electron chi connectivity index (χ1n) is 4.62. The van der Waals surface area contributed by atoms with Gasteiger partial charge in [0.1, 0.15) is 6.73 Å². The number of hydrogen-bond donors (Lipinski definition) is 1. The summed E-state index contributed by atoms with van der Waals surface area (Å²) in [5, 5.41) is 17.7. The number of aliphatic hydroxyl groups is 1. The van der Waals surface area contributed by atoms with Crippen LogP contribution in [0.25, 0.3) is 5.69 Å². The van der Waals surface area contributed by atoms with Crippen LogP contribution in [0, 0.1) is 20.9 Å². The molecule has 0 amide bonds. The molecule has 0 aliphatic rings. The van der Waals surface area contributed by atoms with Gasteiger partial charge in [-0.1, -0.05) is 0 Å². The van der Waals surface area contributed by atoms with Crippen molar-refractivity contribution in [3.63, 3.8) is 0 Å². The Morgan fingerprint density at radius 3 is 2.41 bits per heavy atom. The van der Waals surface area contributed by atoms with Crippen LogP contribution in [0.4, 0.5) is 0 Å². The van der Waals surface area contributed by atoms with Gasteiger partial charge in [-0.25, -0.2) is 0 Å². The van der Waals surface area contributed by atoms with Crippen LogP contribution in [0.3, 0.4) is 0 Å². The molecule has 1 aromatic heterocycles. The molecule has 7 heteroatoms. The minimum atomic E-state index is -0.329. The van der Waals surface area contributed by atoms with Crippen molar-refractivity contribution in [3.05, 3.63) is 39.4 Å². The summed E-state index contributed by atoms with van der Waals surface area (Å²) in [6.45, 7) is -0.329. The molecule has 17 heavy (non-hydrogen) atoms. The van der Waals surface area contributed by atoms with Crippen molar-refractivity contribution in [2.45, 2.75) is 6.73 Å². The van der Waals surface area contributed by atoms with E-state index in [2.05, 4.69) is 0 Å². The molecule has 0 fully saturated rings. The van der Waals surface area contributed by atoms with E-state index in [0.717, 1.165) is 0 Å². The van der Waals surface area contributed by atoms with Gasteiger partial charge in [0.2, 0.25) is 4.77 Å². The van der Waals surface area contributed by atoms with Crippen molar-refractivity contribution < 1.29 is 9.63 Å². The van der Waals surface area contributed by atoms with Crippen molar-refractivity contribution in [1.82, 2.24) is 9.31 Å². The summed E-state index contributed by atoms with van der Waals surface area (Å²) < 4.78 is 8.12. The number of hydrogen-bond acceptors (Lipinski definition) is 5. The van der Waals surface area contributed by atoms with Gasteiger partial charge < -0.3 is 9.63 Å². The summed E-state index contributed by atoms with van der Waals surface area (Å²) in [7, 11) is 0. The van der Waals surface area contributed by atoms with E-state index in [0.29, 0.717) is 11.3 Å². The number of rotatable bonds is 2. The number of aliphatic hydroxyl groups excluding tert-OH is 1. The molecular weight excluding hydrogens is 258 g/mol. The van der Waals surface area contributed by atoms with Gasteiger partial charge in [-0.15, -0.1) is 4.74 Å². The van der Waals surface area contributed by atoms with Crippen LogP contribution in [-0.2, 0) is 6.73 Å². The fourth-order valence-electron chi connectivity index (χ4n) is 1.31. The maximum absolute atomic E-state index is 9.05. The molecule has 0 saturated heterocycles. The lowest BCUT2D eigenvalue weighted by Crippen LogP contribution is -1.99. The Bertz CT molecular complexity index is 688. The smallest absolute Gasteiger partial charge is 0.298 e. The van der Waals surface area contributed by atoms with Crippen LogP contribution in [0.15, 0.2) is 28.8 Å². The maximum Gasteiger partial charge on any atom is 0.298 e. The minimum absolute atomic E-state index is 0.0989. The first kappa shape index (κ1) is 11.7. The van der Waals surface area contributed by atoms with Gasteiger partial charge in [0.05, 0.1) is 17.3 Å². The van der Waals surface area contributed by atoms with E-state index in [9.17, 15) is 0 Å². The first-order chi connectivity index (χ1) is 8.17. The zero-order chi connectivity index (χ0) is 12.4. The second kappa shape index (κ2) is 4.63. The van der Waals surface area contributed by atoms with Crippen LogP contribution < -0.4 is 0 Å². The minimum Gasteiger partial charge on any atom is -0.376 e. The van der Waals surface area contributed by atoms with Gasteiger partial charge in [-0.3, -0.25) is 4.57 Å². The topological polar surface area (TPSA) is 67.0 Å². The summed E-state index contributed by atoms with van der Waals surface area (Å²) in [5.74, 6) is 0. The molecule has 1 heterocycles. The van der Waals surface area contributed by atoms with Gasteiger partial charge in [0.15, 0.2) is 0 Å². The zero-order valence-electron chi connectivity index (χ0n) is 8.53. The lowest BCUT2D eigenvalue weighted by Gasteiger charge is -1.99. The predicted octanol–water partition coefficient (Wildman–Crippen LogP) is 2.15. The third kappa shape index (κ3) is 2.06. The number of nitrogens with zero attached hydrogens (tertiary/aromatic N) is 3. The van der Waals surface area contributed by atoms with Gasteiger partial charge in [-0.05, 0) is 48.7 Å². The summed E-state index contributed by atoms with van der Waals surface area (Å²) in [4.78, 5) is 0.0989. The van der Waals surface area contributed by atoms with Crippen molar-refractivity contribution >= 4 is 24.4 Å². The molecule has 1 N–H and O–H groups in total. The van der Waals surface area contributed by atoms with E-state index in [1.54, 1.807) is 24.3 Å². The highest BCUT2D eigenvalue weighted by Gasteiger charge is 2.06. The van der Waals surface area contributed by atoms with Crippen molar-refractivity contribution in [2.24, 2.45) is 0 Å². The fourth-order valence-corrected chi connectivity index (χ4v) is 1.87. The highest BCUT2D eigenvalue weighted by molar-refractivity contribution is 7.71. The summed E-state index contributed by atoms with van der Waals surface area (Å²) >= 11 is 10.0. The molecule has 5 nitrogen and oxygen atoms in total. The second-order valence-electron chi connectivity index (χ2n) is 3.16. The van der Waals surface area contributed by atoms with Crippen molar-refractivity contribution in [2.75, 3.05) is 0 Å². The SMILES string of the molecule is N#Cc1ccc(-n2oc(=S)n(CO)c2=S)cc1. The second-order valence-corrected chi connectivity index (χ2v) is 3.88. The van der Waals surface area contributed by atoms with E-state index in [1.165, 1.54) is 9.31 Å². The molecular formula is C10H7N3O2S2. The first-order valence-corrected chi connectivity index (χ1v) is 5.43. The third-order valence-corrected chi connectivity index (χ3v) is 2.85.